The molecule has 1 unspecified atom stereocenters. The average molecular weight is 547 g/mol. The number of aliphatic hydroxyl groups excluding tert-OH is 1. The van der Waals surface area contributed by atoms with Gasteiger partial charge in [0, 0.05) is 23.1 Å². The van der Waals surface area contributed by atoms with Crippen molar-refractivity contribution in [1.29, 1.82) is 0 Å². The van der Waals surface area contributed by atoms with Gasteiger partial charge in [0.05, 0.1) is 32.9 Å². The number of likely N-dealkylation sites (N-methyl/N-ethyl adjacent to an activating group) is 1. The van der Waals surface area contributed by atoms with Crippen LogP contribution in [0.1, 0.15) is 31.0 Å². The number of hydrogen-bond donors (Lipinski definition) is 1. The first-order valence-electron chi connectivity index (χ1n) is 11.4. The molecule has 0 radical (unpaired) electrons. The normalized spacial score (nSPS) is 17.2. The average Bonchev–Trinajstić information content (AvgIpc) is 3.13. The Labute approximate surface area is 214 Å². The zero-order valence-corrected chi connectivity index (χ0v) is 22.2. The summed E-state index contributed by atoms with van der Waals surface area (Å²) < 4.78 is 17.3. The predicted octanol–water partition coefficient (Wildman–Crippen LogP) is 4.24. The predicted molar refractivity (Wildman–Crippen MR) is 137 cm³/mol. The molecule has 1 N–H and O–H groups in total. The molecule has 1 heterocycles. The largest absolute Gasteiger partial charge is 0.507 e. The lowest BCUT2D eigenvalue weighted by molar-refractivity contribution is -0.140. The number of nitrogens with zero attached hydrogens (tertiary/aromatic N) is 2. The lowest BCUT2D eigenvalue weighted by Gasteiger charge is -2.29. The molecule has 0 bridgehead atoms. The highest BCUT2D eigenvalue weighted by Crippen LogP contribution is 2.45. The van der Waals surface area contributed by atoms with Crippen LogP contribution < -0.4 is 14.2 Å². The fourth-order valence-electron chi connectivity index (χ4n) is 4.27. The lowest BCUT2D eigenvalue weighted by atomic mass is 9.94. The highest BCUT2D eigenvalue weighted by molar-refractivity contribution is 9.10. The SMILES string of the molecule is CCN(CC)CCN1C(=O)C(=O)/C(=C(/O)c2ccc(Br)cc2)C1c1cc(OC)c(OC)c(OC)c1. The van der Waals surface area contributed by atoms with Crippen LogP contribution in [0.25, 0.3) is 5.76 Å². The lowest BCUT2D eigenvalue weighted by Crippen LogP contribution is -2.38. The van der Waals surface area contributed by atoms with Gasteiger partial charge >= 0.3 is 0 Å². The van der Waals surface area contributed by atoms with E-state index in [-0.39, 0.29) is 11.3 Å². The van der Waals surface area contributed by atoms with E-state index in [4.69, 9.17) is 14.2 Å². The number of halogens is 1. The summed E-state index contributed by atoms with van der Waals surface area (Å²) in [5.41, 5.74) is 1.02. The van der Waals surface area contributed by atoms with Crippen LogP contribution in [0, 0.1) is 0 Å². The second-order valence-electron chi connectivity index (χ2n) is 7.98. The Morgan fingerprint density at radius 1 is 1.00 bits per heavy atom. The number of ether oxygens (including phenoxy) is 3. The van der Waals surface area contributed by atoms with Crippen LogP contribution in [-0.4, -0.2) is 74.1 Å². The molecule has 35 heavy (non-hydrogen) atoms. The van der Waals surface area contributed by atoms with Gasteiger partial charge in [-0.2, -0.15) is 0 Å². The van der Waals surface area contributed by atoms with E-state index >= 15 is 0 Å². The van der Waals surface area contributed by atoms with E-state index in [2.05, 4.69) is 20.8 Å². The molecular weight excluding hydrogens is 516 g/mol. The quantitative estimate of drug-likeness (QED) is 0.271. The minimum absolute atomic E-state index is 0.0196. The Hall–Kier alpha value is -3.04. The summed E-state index contributed by atoms with van der Waals surface area (Å²) in [5.74, 6) is -0.454. The number of amides is 1. The summed E-state index contributed by atoms with van der Waals surface area (Å²) in [4.78, 5) is 30.2. The fourth-order valence-corrected chi connectivity index (χ4v) is 4.53. The fraction of sp³-hybridized carbons (Fsp3) is 0.385. The van der Waals surface area contributed by atoms with E-state index < -0.39 is 17.7 Å². The molecule has 9 heteroatoms. The smallest absolute Gasteiger partial charge is 0.295 e. The topological polar surface area (TPSA) is 88.5 Å². The summed E-state index contributed by atoms with van der Waals surface area (Å²) in [5, 5.41) is 11.2. The number of methoxy groups -OCH3 is 3. The summed E-state index contributed by atoms with van der Waals surface area (Å²) >= 11 is 3.38. The minimum atomic E-state index is -0.831. The molecule has 0 aliphatic carbocycles. The third kappa shape index (κ3) is 5.31. The van der Waals surface area contributed by atoms with Crippen molar-refractivity contribution < 1.29 is 28.9 Å². The standard InChI is InChI=1S/C26H31BrN2O6/c1-6-28(7-2)12-13-29-22(17-14-19(33-3)25(35-5)20(15-17)34-4)21(24(31)26(29)32)23(30)16-8-10-18(27)11-9-16/h8-11,14-15,22,30H,6-7,12-13H2,1-5H3/b23-21+. The van der Waals surface area contributed by atoms with Crippen molar-refractivity contribution in [3.8, 4) is 17.2 Å². The van der Waals surface area contributed by atoms with Gasteiger partial charge in [-0.25, -0.2) is 0 Å². The van der Waals surface area contributed by atoms with Crippen LogP contribution in [-0.2, 0) is 9.59 Å². The van der Waals surface area contributed by atoms with Gasteiger partial charge in [0.2, 0.25) is 5.75 Å². The zero-order chi connectivity index (χ0) is 25.7. The number of rotatable bonds is 10. The molecule has 1 aliphatic rings. The number of benzene rings is 2. The summed E-state index contributed by atoms with van der Waals surface area (Å²) in [6, 6.07) is 9.49. The van der Waals surface area contributed by atoms with Crippen molar-refractivity contribution >= 4 is 33.4 Å². The first-order chi connectivity index (χ1) is 16.8. The van der Waals surface area contributed by atoms with Crippen LogP contribution in [0.5, 0.6) is 17.2 Å². The van der Waals surface area contributed by atoms with E-state index in [1.54, 1.807) is 36.4 Å². The Kier molecular flexibility index (Phi) is 8.80. The molecule has 1 saturated heterocycles. The summed E-state index contributed by atoms with van der Waals surface area (Å²) in [6.07, 6.45) is 0. The van der Waals surface area contributed by atoms with E-state index in [9.17, 15) is 14.7 Å². The molecule has 1 atom stereocenters. The Morgan fingerprint density at radius 2 is 1.57 bits per heavy atom. The molecule has 0 spiro atoms. The number of Topliss-reactive ketones (excluding diaryl/α,β-unsaturated/α-hetero) is 1. The number of likely N-dealkylation sites (tertiary alicyclic amines) is 1. The summed E-state index contributed by atoms with van der Waals surface area (Å²) in [7, 11) is 4.50. The zero-order valence-electron chi connectivity index (χ0n) is 20.6. The molecule has 2 aromatic rings. The number of ketones is 1. The molecule has 0 saturated carbocycles. The number of carbonyl (C=O) groups is 2. The molecule has 8 nitrogen and oxygen atoms in total. The van der Waals surface area contributed by atoms with E-state index in [1.165, 1.54) is 26.2 Å². The van der Waals surface area contributed by atoms with Gasteiger partial charge in [0.1, 0.15) is 5.76 Å². The van der Waals surface area contributed by atoms with Gasteiger partial charge in [0.25, 0.3) is 11.7 Å². The van der Waals surface area contributed by atoms with Crippen LogP contribution in [0.3, 0.4) is 0 Å². The van der Waals surface area contributed by atoms with E-state index in [0.29, 0.717) is 41.5 Å². The van der Waals surface area contributed by atoms with Gasteiger partial charge in [-0.3, -0.25) is 9.59 Å². The Bertz CT molecular complexity index is 1090. The van der Waals surface area contributed by atoms with Crippen molar-refractivity contribution in [1.82, 2.24) is 9.80 Å². The van der Waals surface area contributed by atoms with Gasteiger partial charge < -0.3 is 29.1 Å². The molecule has 3 rings (SSSR count). The summed E-state index contributed by atoms with van der Waals surface area (Å²) in [6.45, 7) is 6.61. The monoisotopic (exact) mass is 546 g/mol. The van der Waals surface area contributed by atoms with Crippen molar-refractivity contribution in [3.63, 3.8) is 0 Å². The second-order valence-corrected chi connectivity index (χ2v) is 8.90. The van der Waals surface area contributed by atoms with Crippen LogP contribution >= 0.6 is 15.9 Å². The van der Waals surface area contributed by atoms with Crippen LogP contribution in [0.4, 0.5) is 0 Å². The number of hydrogen-bond acceptors (Lipinski definition) is 7. The van der Waals surface area contributed by atoms with Gasteiger partial charge in [-0.1, -0.05) is 41.9 Å². The third-order valence-corrected chi connectivity index (χ3v) is 6.74. The van der Waals surface area contributed by atoms with E-state index in [0.717, 1.165) is 17.6 Å². The highest BCUT2D eigenvalue weighted by atomic mass is 79.9. The molecule has 0 aromatic heterocycles. The Morgan fingerprint density at radius 3 is 2.06 bits per heavy atom. The van der Waals surface area contributed by atoms with E-state index in [1.807, 2.05) is 13.8 Å². The van der Waals surface area contributed by atoms with Gasteiger partial charge in [-0.05, 0) is 42.9 Å². The van der Waals surface area contributed by atoms with Gasteiger partial charge in [-0.15, -0.1) is 0 Å². The van der Waals surface area contributed by atoms with Crippen molar-refractivity contribution in [2.75, 3.05) is 47.5 Å². The minimum Gasteiger partial charge on any atom is -0.507 e. The third-order valence-electron chi connectivity index (χ3n) is 6.21. The molecule has 1 fully saturated rings. The van der Waals surface area contributed by atoms with Gasteiger partial charge in [0.15, 0.2) is 11.5 Å². The maximum absolute atomic E-state index is 13.3. The first kappa shape index (κ1) is 26.6. The molecule has 2 aromatic carbocycles. The van der Waals surface area contributed by atoms with Crippen LogP contribution in [0.15, 0.2) is 46.4 Å². The number of aliphatic hydroxyl groups is 1. The van der Waals surface area contributed by atoms with Crippen molar-refractivity contribution in [3.05, 3.63) is 57.6 Å². The molecule has 1 aliphatic heterocycles. The van der Waals surface area contributed by atoms with Crippen molar-refractivity contribution in [2.45, 2.75) is 19.9 Å². The molecule has 1 amide bonds. The maximum Gasteiger partial charge on any atom is 0.295 e. The van der Waals surface area contributed by atoms with Crippen LogP contribution in [0.2, 0.25) is 0 Å². The molecular formula is C26H31BrN2O6. The van der Waals surface area contributed by atoms with Crippen molar-refractivity contribution in [2.24, 2.45) is 0 Å². The second kappa shape index (κ2) is 11.6. The maximum atomic E-state index is 13.3. The first-order valence-corrected chi connectivity index (χ1v) is 12.2. The molecule has 188 valence electrons. The number of carbonyl (C=O) groups excluding carboxylic acids is 2. The highest BCUT2D eigenvalue weighted by Gasteiger charge is 2.46. The Balaban J connectivity index is 2.21.